The first-order valence-electron chi connectivity index (χ1n) is 7.01. The molecule has 0 aromatic heterocycles. The maximum absolute atomic E-state index is 13.4. The first kappa shape index (κ1) is 14.7. The number of aliphatic carboxylic acids is 1. The summed E-state index contributed by atoms with van der Waals surface area (Å²) in [5, 5.41) is 9.44. The molecule has 3 rings (SSSR count). The highest BCUT2D eigenvalue weighted by molar-refractivity contribution is 5.74. The van der Waals surface area contributed by atoms with Crippen molar-refractivity contribution in [2.24, 2.45) is 0 Å². The van der Waals surface area contributed by atoms with Crippen molar-refractivity contribution in [1.82, 2.24) is 4.90 Å². The number of carboxylic acid groups (broad SMARTS) is 1. The van der Waals surface area contributed by atoms with E-state index in [-0.39, 0.29) is 11.6 Å². The van der Waals surface area contributed by atoms with Gasteiger partial charge in [-0.1, -0.05) is 18.2 Å². The van der Waals surface area contributed by atoms with Crippen LogP contribution in [-0.4, -0.2) is 22.0 Å². The Morgan fingerprint density at radius 1 is 1.09 bits per heavy atom. The number of halogens is 2. The third-order valence-corrected chi connectivity index (χ3v) is 3.98. The van der Waals surface area contributed by atoms with Crippen LogP contribution in [0.2, 0.25) is 0 Å². The molecule has 0 fully saturated rings. The van der Waals surface area contributed by atoms with E-state index in [1.54, 1.807) is 23.1 Å². The molecule has 0 bridgehead atoms. The molecule has 114 valence electrons. The number of benzene rings is 2. The molecule has 0 spiro atoms. The molecular weight excluding hydrogens is 288 g/mol. The lowest BCUT2D eigenvalue weighted by atomic mass is 9.93. The van der Waals surface area contributed by atoms with Crippen LogP contribution >= 0.6 is 0 Å². The van der Waals surface area contributed by atoms with Crippen molar-refractivity contribution < 1.29 is 18.7 Å². The van der Waals surface area contributed by atoms with E-state index in [4.69, 9.17) is 0 Å². The lowest BCUT2D eigenvalue weighted by Gasteiger charge is -2.34. The molecule has 22 heavy (non-hydrogen) atoms. The van der Waals surface area contributed by atoms with E-state index in [9.17, 15) is 18.7 Å². The minimum Gasteiger partial charge on any atom is -0.480 e. The Balaban J connectivity index is 1.87. The molecule has 1 N–H and O–H groups in total. The molecule has 0 amide bonds. The molecule has 2 aromatic carbocycles. The molecule has 3 nitrogen and oxygen atoms in total. The average molecular weight is 303 g/mol. The highest BCUT2D eigenvalue weighted by Crippen LogP contribution is 2.26. The standard InChI is InChI=1S/C17H15F2NO2/c18-14-4-1-11(2-5-14)9-20-10-13-7-15(19)6-3-12(13)8-16(20)17(21)22/h1-7,16H,8-10H2,(H,21,22). The third-order valence-electron chi connectivity index (χ3n) is 3.98. The molecule has 5 heteroatoms. The van der Waals surface area contributed by atoms with E-state index in [2.05, 4.69) is 0 Å². The first-order chi connectivity index (χ1) is 10.5. The summed E-state index contributed by atoms with van der Waals surface area (Å²) in [6.45, 7) is 0.745. The molecule has 1 unspecified atom stereocenters. The SMILES string of the molecule is O=C(O)C1Cc2ccc(F)cc2CN1Cc1ccc(F)cc1. The molecule has 0 aliphatic carbocycles. The van der Waals surface area contributed by atoms with Gasteiger partial charge in [-0.3, -0.25) is 9.69 Å². The first-order valence-corrected chi connectivity index (χ1v) is 7.01. The molecule has 0 radical (unpaired) electrons. The second kappa shape index (κ2) is 5.85. The van der Waals surface area contributed by atoms with Gasteiger partial charge in [-0.25, -0.2) is 8.78 Å². The Morgan fingerprint density at radius 3 is 2.45 bits per heavy atom. The van der Waals surface area contributed by atoms with E-state index in [1.165, 1.54) is 24.3 Å². The molecule has 1 heterocycles. The summed E-state index contributed by atoms with van der Waals surface area (Å²) >= 11 is 0. The quantitative estimate of drug-likeness (QED) is 0.947. The fraction of sp³-hybridized carbons (Fsp3) is 0.235. The van der Waals surface area contributed by atoms with Crippen molar-refractivity contribution in [3.63, 3.8) is 0 Å². The topological polar surface area (TPSA) is 40.5 Å². The van der Waals surface area contributed by atoms with E-state index in [0.717, 1.165) is 16.7 Å². The van der Waals surface area contributed by atoms with Crippen molar-refractivity contribution in [2.75, 3.05) is 0 Å². The van der Waals surface area contributed by atoms with Crippen LogP contribution < -0.4 is 0 Å². The Hall–Kier alpha value is -2.27. The zero-order valence-corrected chi connectivity index (χ0v) is 11.8. The third kappa shape index (κ3) is 2.99. The largest absolute Gasteiger partial charge is 0.480 e. The number of hydrogen-bond donors (Lipinski definition) is 1. The van der Waals surface area contributed by atoms with Crippen molar-refractivity contribution in [3.8, 4) is 0 Å². The highest BCUT2D eigenvalue weighted by atomic mass is 19.1. The minimum absolute atomic E-state index is 0.325. The van der Waals surface area contributed by atoms with Crippen LogP contribution in [0, 0.1) is 11.6 Å². The maximum Gasteiger partial charge on any atom is 0.321 e. The molecule has 1 atom stereocenters. The van der Waals surface area contributed by atoms with Gasteiger partial charge < -0.3 is 5.11 Å². The smallest absolute Gasteiger partial charge is 0.321 e. The molecule has 0 saturated heterocycles. The number of fused-ring (bicyclic) bond motifs is 1. The number of nitrogens with zero attached hydrogens (tertiary/aromatic N) is 1. The molecule has 0 saturated carbocycles. The van der Waals surface area contributed by atoms with Crippen LogP contribution in [0.15, 0.2) is 42.5 Å². The van der Waals surface area contributed by atoms with Crippen LogP contribution in [0.5, 0.6) is 0 Å². The Morgan fingerprint density at radius 2 is 1.77 bits per heavy atom. The Bertz CT molecular complexity index is 700. The summed E-state index contributed by atoms with van der Waals surface area (Å²) in [5.74, 6) is -1.56. The van der Waals surface area contributed by atoms with Crippen molar-refractivity contribution in [3.05, 3.63) is 70.8 Å². The highest BCUT2D eigenvalue weighted by Gasteiger charge is 2.31. The minimum atomic E-state index is -0.905. The van der Waals surface area contributed by atoms with Crippen LogP contribution in [0.4, 0.5) is 8.78 Å². The van der Waals surface area contributed by atoms with Crippen LogP contribution in [0.25, 0.3) is 0 Å². The second-order valence-corrected chi connectivity index (χ2v) is 5.50. The van der Waals surface area contributed by atoms with E-state index in [1.807, 2.05) is 0 Å². The predicted octanol–water partition coefficient (Wildman–Crippen LogP) is 2.98. The zero-order valence-electron chi connectivity index (χ0n) is 11.8. The van der Waals surface area contributed by atoms with Gasteiger partial charge in [-0.15, -0.1) is 0 Å². The van der Waals surface area contributed by atoms with Gasteiger partial charge in [0.25, 0.3) is 0 Å². The van der Waals surface area contributed by atoms with Crippen molar-refractivity contribution >= 4 is 5.97 Å². The monoisotopic (exact) mass is 303 g/mol. The van der Waals surface area contributed by atoms with Gasteiger partial charge in [0, 0.05) is 13.1 Å². The second-order valence-electron chi connectivity index (χ2n) is 5.50. The number of hydrogen-bond acceptors (Lipinski definition) is 2. The van der Waals surface area contributed by atoms with E-state index < -0.39 is 12.0 Å². The zero-order chi connectivity index (χ0) is 15.7. The van der Waals surface area contributed by atoms with Gasteiger partial charge in [0.2, 0.25) is 0 Å². The fourth-order valence-electron chi connectivity index (χ4n) is 2.84. The van der Waals surface area contributed by atoms with Gasteiger partial charge in [0.1, 0.15) is 17.7 Å². The number of carboxylic acids is 1. The number of carbonyl (C=O) groups is 1. The van der Waals surface area contributed by atoms with Crippen LogP contribution in [-0.2, 0) is 24.3 Å². The summed E-state index contributed by atoms with van der Waals surface area (Å²) in [5.41, 5.74) is 2.50. The van der Waals surface area contributed by atoms with Crippen LogP contribution in [0.1, 0.15) is 16.7 Å². The Labute approximate surface area is 126 Å². The van der Waals surface area contributed by atoms with Crippen molar-refractivity contribution in [2.45, 2.75) is 25.6 Å². The van der Waals surface area contributed by atoms with Gasteiger partial charge >= 0.3 is 5.97 Å². The lowest BCUT2D eigenvalue weighted by molar-refractivity contribution is -0.144. The maximum atomic E-state index is 13.4. The molecule has 1 aliphatic rings. The fourth-order valence-corrected chi connectivity index (χ4v) is 2.84. The average Bonchev–Trinajstić information content (AvgIpc) is 2.48. The van der Waals surface area contributed by atoms with E-state index >= 15 is 0 Å². The van der Waals surface area contributed by atoms with Gasteiger partial charge in [0.05, 0.1) is 0 Å². The predicted molar refractivity (Wildman–Crippen MR) is 77.2 cm³/mol. The summed E-state index contributed by atoms with van der Waals surface area (Å²) in [4.78, 5) is 13.3. The van der Waals surface area contributed by atoms with Crippen LogP contribution in [0.3, 0.4) is 0 Å². The number of rotatable bonds is 3. The molecule has 1 aliphatic heterocycles. The summed E-state index contributed by atoms with van der Waals surface area (Å²) in [6.07, 6.45) is 0.339. The van der Waals surface area contributed by atoms with E-state index in [0.29, 0.717) is 19.5 Å². The molecule has 2 aromatic rings. The normalized spacial score (nSPS) is 18.0. The summed E-state index contributed by atoms with van der Waals surface area (Å²) in [7, 11) is 0. The summed E-state index contributed by atoms with van der Waals surface area (Å²) in [6, 6.07) is 9.76. The Kier molecular flexibility index (Phi) is 3.90. The molecular formula is C17H15F2NO2. The van der Waals surface area contributed by atoms with Gasteiger partial charge in [0.15, 0.2) is 0 Å². The van der Waals surface area contributed by atoms with Crippen molar-refractivity contribution in [1.29, 1.82) is 0 Å². The lowest BCUT2D eigenvalue weighted by Crippen LogP contribution is -2.45. The summed E-state index contributed by atoms with van der Waals surface area (Å²) < 4.78 is 26.3. The van der Waals surface area contributed by atoms with Gasteiger partial charge in [-0.05, 0) is 47.4 Å². The van der Waals surface area contributed by atoms with Gasteiger partial charge in [-0.2, -0.15) is 0 Å².